The first-order chi connectivity index (χ1) is 20.0. The van der Waals surface area contributed by atoms with Crippen molar-refractivity contribution in [2.75, 3.05) is 25.3 Å². The predicted molar refractivity (Wildman–Crippen MR) is 153 cm³/mol. The van der Waals surface area contributed by atoms with E-state index in [-0.39, 0.29) is 23.0 Å². The Morgan fingerprint density at radius 1 is 1.00 bits per heavy atom. The maximum Gasteiger partial charge on any atom is 0.416 e. The lowest BCUT2D eigenvalue weighted by atomic mass is 10.2. The van der Waals surface area contributed by atoms with Crippen molar-refractivity contribution in [3.8, 4) is 17.2 Å². The first-order valence-electron chi connectivity index (χ1n) is 12.3. The number of alkyl halides is 3. The van der Waals surface area contributed by atoms with Crippen molar-refractivity contribution < 1.29 is 32.2 Å². The number of anilines is 1. The van der Waals surface area contributed by atoms with Crippen LogP contribution in [-0.2, 0) is 17.5 Å². The number of hydrogen-bond donors (Lipinski definition) is 2. The molecule has 4 aromatic rings. The quantitative estimate of drug-likeness (QED) is 0.212. The summed E-state index contributed by atoms with van der Waals surface area (Å²) in [5.74, 6) is 0.0793. The summed E-state index contributed by atoms with van der Waals surface area (Å²) in [7, 11) is 2.96. The van der Waals surface area contributed by atoms with Crippen LogP contribution in [0.5, 0.6) is 11.5 Å². The van der Waals surface area contributed by atoms with Gasteiger partial charge in [0.1, 0.15) is 11.5 Å². The van der Waals surface area contributed by atoms with Gasteiger partial charge in [-0.15, -0.1) is 10.2 Å². The number of aryl methyl sites for hydroxylation is 1. The fraction of sp³-hybridized carbons (Fsp3) is 0.214. The molecule has 4 rings (SSSR count). The lowest BCUT2D eigenvalue weighted by molar-refractivity contribution is -0.137. The molecule has 3 aromatic carbocycles. The Bertz CT molecular complexity index is 1590. The van der Waals surface area contributed by atoms with Crippen LogP contribution < -0.4 is 20.1 Å². The summed E-state index contributed by atoms with van der Waals surface area (Å²) in [5.41, 5.74) is 0.860. The Morgan fingerprint density at radius 3 is 2.36 bits per heavy atom. The number of thioether (sulfide) groups is 1. The van der Waals surface area contributed by atoms with Crippen LogP contribution in [0.3, 0.4) is 0 Å². The summed E-state index contributed by atoms with van der Waals surface area (Å²) in [6.45, 7) is 1.90. The minimum atomic E-state index is -4.59. The zero-order valence-electron chi connectivity index (χ0n) is 22.6. The first-order valence-corrected chi connectivity index (χ1v) is 13.7. The fourth-order valence-corrected chi connectivity index (χ4v) is 4.78. The van der Waals surface area contributed by atoms with Gasteiger partial charge < -0.3 is 20.1 Å². The standard InChI is InChI=1S/C28H25ClF3N5O4S/c1-16-5-4-6-19(9-16)37-24(14-33-26(39)17-10-20(40-2)13-21(11-17)41-3)35-36-27(37)42-15-25(38)34-23-12-18(28(30,31)32)7-8-22(23)29/h4-13H,14-15H2,1-3H3,(H,33,39)(H,34,38). The monoisotopic (exact) mass is 619 g/mol. The molecule has 0 spiro atoms. The van der Waals surface area contributed by atoms with Gasteiger partial charge in [0, 0.05) is 17.3 Å². The third kappa shape index (κ3) is 7.53. The molecule has 14 heteroatoms. The van der Waals surface area contributed by atoms with Crippen LogP contribution in [-0.4, -0.2) is 46.6 Å². The van der Waals surface area contributed by atoms with Gasteiger partial charge in [-0.25, -0.2) is 0 Å². The number of nitrogens with zero attached hydrogens (tertiary/aromatic N) is 3. The number of nitrogens with one attached hydrogen (secondary N) is 2. The second-order valence-corrected chi connectivity index (χ2v) is 10.2. The van der Waals surface area contributed by atoms with E-state index in [9.17, 15) is 22.8 Å². The summed E-state index contributed by atoms with van der Waals surface area (Å²) < 4.78 is 51.5. The Kier molecular flexibility index (Phi) is 9.63. The number of halogens is 4. The molecule has 0 radical (unpaired) electrons. The van der Waals surface area contributed by atoms with Gasteiger partial charge in [0.25, 0.3) is 5.91 Å². The zero-order valence-corrected chi connectivity index (χ0v) is 24.2. The molecule has 0 saturated heterocycles. The summed E-state index contributed by atoms with van der Waals surface area (Å²) in [5, 5.41) is 13.9. The lowest BCUT2D eigenvalue weighted by Crippen LogP contribution is -2.24. The molecular weight excluding hydrogens is 595 g/mol. The van der Waals surface area contributed by atoms with Crippen molar-refractivity contribution in [1.29, 1.82) is 0 Å². The molecule has 0 fully saturated rings. The average Bonchev–Trinajstić information content (AvgIpc) is 3.37. The number of hydrogen-bond acceptors (Lipinski definition) is 7. The molecular formula is C28H25ClF3N5O4S. The fourth-order valence-electron chi connectivity index (χ4n) is 3.85. The molecule has 2 amide bonds. The molecule has 0 saturated carbocycles. The van der Waals surface area contributed by atoms with Gasteiger partial charge in [-0.2, -0.15) is 13.2 Å². The van der Waals surface area contributed by atoms with Crippen LogP contribution in [0.4, 0.5) is 18.9 Å². The Balaban J connectivity index is 1.53. The Hall–Kier alpha value is -4.23. The smallest absolute Gasteiger partial charge is 0.416 e. The minimum absolute atomic E-state index is 0.00804. The van der Waals surface area contributed by atoms with Crippen molar-refractivity contribution in [1.82, 2.24) is 20.1 Å². The lowest BCUT2D eigenvalue weighted by Gasteiger charge is -2.13. The molecule has 1 aromatic heterocycles. The number of ether oxygens (including phenoxy) is 2. The largest absolute Gasteiger partial charge is 0.497 e. The number of aromatic nitrogens is 3. The van der Waals surface area contributed by atoms with Crippen molar-refractivity contribution in [2.45, 2.75) is 24.8 Å². The molecule has 42 heavy (non-hydrogen) atoms. The third-order valence-corrected chi connectivity index (χ3v) is 7.14. The molecule has 220 valence electrons. The number of methoxy groups -OCH3 is 2. The number of amides is 2. The van der Waals surface area contributed by atoms with Crippen molar-refractivity contribution in [3.63, 3.8) is 0 Å². The second kappa shape index (κ2) is 13.2. The molecule has 0 bridgehead atoms. The zero-order chi connectivity index (χ0) is 30.4. The second-order valence-electron chi connectivity index (χ2n) is 8.89. The SMILES string of the molecule is COc1cc(OC)cc(C(=O)NCc2nnc(SCC(=O)Nc3cc(C(F)(F)F)ccc3Cl)n2-c2cccc(C)c2)c1. The third-order valence-electron chi connectivity index (χ3n) is 5.88. The molecule has 2 N–H and O–H groups in total. The minimum Gasteiger partial charge on any atom is -0.497 e. The van der Waals surface area contributed by atoms with Gasteiger partial charge >= 0.3 is 6.18 Å². The highest BCUT2D eigenvalue weighted by Gasteiger charge is 2.31. The Labute approximate surface area is 248 Å². The van der Waals surface area contributed by atoms with E-state index in [1.54, 1.807) is 22.8 Å². The first kappa shape index (κ1) is 30.7. The number of rotatable bonds is 10. The number of carbonyl (C=O) groups is 2. The summed E-state index contributed by atoms with van der Waals surface area (Å²) >= 11 is 7.02. The van der Waals surface area contributed by atoms with Crippen LogP contribution in [0.25, 0.3) is 5.69 Å². The maximum atomic E-state index is 13.1. The van der Waals surface area contributed by atoms with Crippen LogP contribution in [0, 0.1) is 6.92 Å². The van der Waals surface area contributed by atoms with Crippen LogP contribution in [0.15, 0.2) is 65.8 Å². The molecule has 0 unspecified atom stereocenters. The molecule has 0 aliphatic carbocycles. The molecule has 0 aliphatic rings. The summed E-state index contributed by atoms with van der Waals surface area (Å²) in [4.78, 5) is 25.6. The van der Waals surface area contributed by atoms with Gasteiger partial charge in [0.2, 0.25) is 5.91 Å². The number of carbonyl (C=O) groups excluding carboxylic acids is 2. The molecule has 1 heterocycles. The van der Waals surface area contributed by atoms with Gasteiger partial charge in [0.15, 0.2) is 11.0 Å². The van der Waals surface area contributed by atoms with Gasteiger partial charge in [-0.1, -0.05) is 35.5 Å². The van der Waals surface area contributed by atoms with E-state index < -0.39 is 23.6 Å². The average molecular weight is 620 g/mol. The molecule has 9 nitrogen and oxygen atoms in total. The normalized spacial score (nSPS) is 11.2. The van der Waals surface area contributed by atoms with Gasteiger partial charge in [-0.05, 0) is 55.0 Å². The van der Waals surface area contributed by atoms with Crippen molar-refractivity contribution in [2.24, 2.45) is 0 Å². The molecule has 0 atom stereocenters. The summed E-state index contributed by atoms with van der Waals surface area (Å²) in [6.07, 6.45) is -4.59. The Morgan fingerprint density at radius 2 is 1.71 bits per heavy atom. The highest BCUT2D eigenvalue weighted by atomic mass is 35.5. The van der Waals surface area contributed by atoms with E-state index in [1.807, 2.05) is 31.2 Å². The van der Waals surface area contributed by atoms with Gasteiger partial charge in [-0.3, -0.25) is 14.2 Å². The highest BCUT2D eigenvalue weighted by Crippen LogP contribution is 2.34. The van der Waals surface area contributed by atoms with E-state index >= 15 is 0 Å². The van der Waals surface area contributed by atoms with E-state index in [0.717, 1.165) is 35.5 Å². The maximum absolute atomic E-state index is 13.1. The van der Waals surface area contributed by atoms with Crippen LogP contribution in [0.2, 0.25) is 5.02 Å². The van der Waals surface area contributed by atoms with Gasteiger partial charge in [0.05, 0.1) is 42.8 Å². The van der Waals surface area contributed by atoms with Crippen LogP contribution in [0.1, 0.15) is 27.3 Å². The molecule has 0 aliphatic heterocycles. The predicted octanol–water partition coefficient (Wildman–Crippen LogP) is 5.93. The topological polar surface area (TPSA) is 107 Å². The van der Waals surface area contributed by atoms with Crippen molar-refractivity contribution in [3.05, 3.63) is 88.2 Å². The van der Waals surface area contributed by atoms with E-state index in [1.165, 1.54) is 14.2 Å². The van der Waals surface area contributed by atoms with Crippen LogP contribution >= 0.6 is 23.4 Å². The van der Waals surface area contributed by atoms with E-state index in [0.29, 0.717) is 33.7 Å². The number of benzene rings is 3. The summed E-state index contributed by atoms with van der Waals surface area (Å²) in [6, 6.07) is 14.9. The van der Waals surface area contributed by atoms with Crippen molar-refractivity contribution >= 4 is 40.9 Å². The van der Waals surface area contributed by atoms with E-state index in [2.05, 4.69) is 20.8 Å². The van der Waals surface area contributed by atoms with E-state index in [4.69, 9.17) is 21.1 Å². The highest BCUT2D eigenvalue weighted by molar-refractivity contribution is 7.99.